The van der Waals surface area contributed by atoms with Gasteiger partial charge < -0.3 is 0 Å². The SMILES string of the molecule is Cc1ccc2ncc(-c3nc(C)cc(C)n3)n2c1. The maximum absolute atomic E-state index is 4.48. The molecule has 18 heavy (non-hydrogen) atoms. The second-order valence-electron chi connectivity index (χ2n) is 4.55. The number of rotatable bonds is 1. The molecule has 0 atom stereocenters. The van der Waals surface area contributed by atoms with E-state index in [1.807, 2.05) is 36.6 Å². The number of nitrogens with zero attached hydrogens (tertiary/aromatic N) is 4. The van der Waals surface area contributed by atoms with Crippen molar-refractivity contribution in [2.75, 3.05) is 0 Å². The molecule has 0 aromatic carbocycles. The third-order valence-electron chi connectivity index (χ3n) is 2.86. The summed E-state index contributed by atoms with van der Waals surface area (Å²) in [5, 5.41) is 0. The molecule has 0 saturated heterocycles. The lowest BCUT2D eigenvalue weighted by Gasteiger charge is -2.04. The van der Waals surface area contributed by atoms with Gasteiger partial charge in [0.1, 0.15) is 11.3 Å². The van der Waals surface area contributed by atoms with Gasteiger partial charge in [-0.1, -0.05) is 6.07 Å². The molecule has 0 aliphatic rings. The van der Waals surface area contributed by atoms with Crippen LogP contribution in [-0.4, -0.2) is 19.4 Å². The second kappa shape index (κ2) is 3.91. The highest BCUT2D eigenvalue weighted by atomic mass is 15.0. The number of fused-ring (bicyclic) bond motifs is 1. The molecule has 0 saturated carbocycles. The van der Waals surface area contributed by atoms with Gasteiger partial charge in [-0.15, -0.1) is 0 Å². The standard InChI is InChI=1S/C14H14N4/c1-9-4-5-13-15-7-12(18(13)8-9)14-16-10(2)6-11(3)17-14/h4-8H,1-3H3. The van der Waals surface area contributed by atoms with Crippen molar-refractivity contribution in [1.82, 2.24) is 19.4 Å². The van der Waals surface area contributed by atoms with Crippen molar-refractivity contribution < 1.29 is 0 Å². The van der Waals surface area contributed by atoms with Crippen molar-refractivity contribution in [3.63, 3.8) is 0 Å². The number of aromatic nitrogens is 4. The fraction of sp³-hybridized carbons (Fsp3) is 0.214. The van der Waals surface area contributed by atoms with Gasteiger partial charge in [0.15, 0.2) is 5.82 Å². The Bertz CT molecular complexity index is 707. The van der Waals surface area contributed by atoms with Gasteiger partial charge in [0.25, 0.3) is 0 Å². The van der Waals surface area contributed by atoms with E-state index in [-0.39, 0.29) is 0 Å². The molecule has 90 valence electrons. The van der Waals surface area contributed by atoms with Gasteiger partial charge in [0.2, 0.25) is 0 Å². The van der Waals surface area contributed by atoms with Crippen LogP contribution in [0.25, 0.3) is 17.2 Å². The van der Waals surface area contributed by atoms with Crippen molar-refractivity contribution >= 4 is 5.65 Å². The lowest BCUT2D eigenvalue weighted by molar-refractivity contribution is 1.03. The summed E-state index contributed by atoms with van der Waals surface area (Å²) in [5.41, 5.74) is 4.98. The summed E-state index contributed by atoms with van der Waals surface area (Å²) >= 11 is 0. The van der Waals surface area contributed by atoms with Crippen LogP contribution in [0.3, 0.4) is 0 Å². The van der Waals surface area contributed by atoms with Gasteiger partial charge in [0.05, 0.1) is 6.20 Å². The van der Waals surface area contributed by atoms with E-state index in [4.69, 9.17) is 0 Å². The molecule has 0 aliphatic carbocycles. The average molecular weight is 238 g/mol. The molecule has 0 fully saturated rings. The van der Waals surface area contributed by atoms with Crippen LogP contribution in [-0.2, 0) is 0 Å². The minimum atomic E-state index is 0.727. The topological polar surface area (TPSA) is 43.1 Å². The average Bonchev–Trinajstić information content (AvgIpc) is 2.70. The second-order valence-corrected chi connectivity index (χ2v) is 4.55. The zero-order chi connectivity index (χ0) is 12.7. The molecule has 0 bridgehead atoms. The van der Waals surface area contributed by atoms with Crippen molar-refractivity contribution in [2.24, 2.45) is 0 Å². The van der Waals surface area contributed by atoms with Crippen LogP contribution < -0.4 is 0 Å². The Morgan fingerprint density at radius 1 is 1.00 bits per heavy atom. The number of hydrogen-bond donors (Lipinski definition) is 0. The maximum Gasteiger partial charge on any atom is 0.178 e. The first-order valence-corrected chi connectivity index (χ1v) is 5.90. The molecule has 0 amide bonds. The monoisotopic (exact) mass is 238 g/mol. The smallest absolute Gasteiger partial charge is 0.178 e. The van der Waals surface area contributed by atoms with Crippen LogP contribution in [0.2, 0.25) is 0 Å². The van der Waals surface area contributed by atoms with Crippen LogP contribution in [0.5, 0.6) is 0 Å². The summed E-state index contributed by atoms with van der Waals surface area (Å²) in [6.45, 7) is 6.02. The fourth-order valence-corrected chi connectivity index (χ4v) is 2.09. The fourth-order valence-electron chi connectivity index (χ4n) is 2.09. The highest BCUT2D eigenvalue weighted by Gasteiger charge is 2.09. The molecule has 0 unspecified atom stereocenters. The Morgan fingerprint density at radius 3 is 2.44 bits per heavy atom. The summed E-state index contributed by atoms with van der Waals surface area (Å²) in [7, 11) is 0. The first-order chi connectivity index (χ1) is 8.63. The van der Waals surface area contributed by atoms with Gasteiger partial charge in [-0.25, -0.2) is 15.0 Å². The Balaban J connectivity index is 2.27. The molecule has 0 radical (unpaired) electrons. The molecule has 4 nitrogen and oxygen atoms in total. The molecule has 0 N–H and O–H groups in total. The van der Waals surface area contributed by atoms with E-state index in [1.54, 1.807) is 0 Å². The molecule has 4 heteroatoms. The number of aryl methyl sites for hydroxylation is 3. The van der Waals surface area contributed by atoms with Crippen molar-refractivity contribution in [3.05, 3.63) is 47.5 Å². The molecule has 3 heterocycles. The Kier molecular flexibility index (Phi) is 2.37. The zero-order valence-corrected chi connectivity index (χ0v) is 10.7. The van der Waals surface area contributed by atoms with Crippen LogP contribution in [0.4, 0.5) is 0 Å². The summed E-state index contributed by atoms with van der Waals surface area (Å²) < 4.78 is 2.03. The Morgan fingerprint density at radius 2 is 1.72 bits per heavy atom. The first kappa shape index (κ1) is 10.9. The van der Waals surface area contributed by atoms with Crippen LogP contribution >= 0.6 is 0 Å². The van der Waals surface area contributed by atoms with Gasteiger partial charge in [-0.05, 0) is 38.5 Å². The van der Waals surface area contributed by atoms with E-state index in [9.17, 15) is 0 Å². The van der Waals surface area contributed by atoms with Gasteiger partial charge in [0, 0.05) is 17.6 Å². The van der Waals surface area contributed by atoms with E-state index in [0.717, 1.165) is 28.6 Å². The zero-order valence-electron chi connectivity index (χ0n) is 10.7. The Labute approximate surface area is 105 Å². The molecule has 3 aromatic heterocycles. The number of imidazole rings is 1. The molecular weight excluding hydrogens is 224 g/mol. The van der Waals surface area contributed by atoms with E-state index < -0.39 is 0 Å². The predicted molar refractivity (Wildman–Crippen MR) is 70.4 cm³/mol. The van der Waals surface area contributed by atoms with Gasteiger partial charge in [-0.3, -0.25) is 4.40 Å². The van der Waals surface area contributed by atoms with Gasteiger partial charge in [-0.2, -0.15) is 0 Å². The molecule has 3 rings (SSSR count). The summed E-state index contributed by atoms with van der Waals surface area (Å²) in [4.78, 5) is 13.3. The quantitative estimate of drug-likeness (QED) is 0.654. The van der Waals surface area contributed by atoms with E-state index in [0.29, 0.717) is 0 Å². The third kappa shape index (κ3) is 1.76. The van der Waals surface area contributed by atoms with Crippen molar-refractivity contribution in [1.29, 1.82) is 0 Å². The van der Waals surface area contributed by atoms with Crippen molar-refractivity contribution in [3.8, 4) is 11.5 Å². The summed E-state index contributed by atoms with van der Waals surface area (Å²) in [6.07, 6.45) is 3.88. The summed E-state index contributed by atoms with van der Waals surface area (Å²) in [5.74, 6) is 0.727. The lowest BCUT2D eigenvalue weighted by atomic mass is 10.3. The van der Waals surface area contributed by atoms with Gasteiger partial charge >= 0.3 is 0 Å². The highest BCUT2D eigenvalue weighted by molar-refractivity contribution is 5.57. The molecular formula is C14H14N4. The van der Waals surface area contributed by atoms with Crippen LogP contribution in [0.15, 0.2) is 30.6 Å². The van der Waals surface area contributed by atoms with Crippen molar-refractivity contribution in [2.45, 2.75) is 20.8 Å². The lowest BCUT2D eigenvalue weighted by Crippen LogP contribution is -1.97. The first-order valence-electron chi connectivity index (χ1n) is 5.90. The molecule has 0 aliphatic heterocycles. The Hall–Kier alpha value is -2.23. The van der Waals surface area contributed by atoms with E-state index in [1.165, 1.54) is 5.56 Å². The predicted octanol–water partition coefficient (Wildman–Crippen LogP) is 2.72. The largest absolute Gasteiger partial charge is 0.297 e. The third-order valence-corrected chi connectivity index (χ3v) is 2.86. The number of hydrogen-bond acceptors (Lipinski definition) is 3. The summed E-state index contributed by atoms with van der Waals surface area (Å²) in [6, 6.07) is 6.02. The minimum Gasteiger partial charge on any atom is -0.297 e. The van der Waals surface area contributed by atoms with Crippen LogP contribution in [0.1, 0.15) is 17.0 Å². The molecule has 0 spiro atoms. The maximum atomic E-state index is 4.48. The van der Waals surface area contributed by atoms with E-state index in [2.05, 4.69) is 34.1 Å². The van der Waals surface area contributed by atoms with Crippen LogP contribution in [0, 0.1) is 20.8 Å². The highest BCUT2D eigenvalue weighted by Crippen LogP contribution is 2.18. The number of pyridine rings is 1. The minimum absolute atomic E-state index is 0.727. The van der Waals surface area contributed by atoms with E-state index >= 15 is 0 Å². The molecule has 3 aromatic rings. The normalized spacial score (nSPS) is 11.1.